The minimum absolute atomic E-state index is 0.103. The molecule has 2 saturated carbocycles. The summed E-state index contributed by atoms with van der Waals surface area (Å²) >= 11 is 6.43. The minimum Gasteiger partial charge on any atom is -0.367 e. The lowest BCUT2D eigenvalue weighted by atomic mass is 9.92. The van der Waals surface area contributed by atoms with Crippen LogP contribution in [-0.2, 0) is 21.0 Å². The number of hydrogen-bond donors (Lipinski definition) is 2. The van der Waals surface area contributed by atoms with Gasteiger partial charge in [-0.3, -0.25) is 25.3 Å². The Morgan fingerprint density at radius 3 is 2.59 bits per heavy atom. The summed E-state index contributed by atoms with van der Waals surface area (Å²) in [6.45, 7) is 1.83. The molecule has 1 unspecified atom stereocenters. The number of hydroxylamine groups is 2. The fourth-order valence-electron chi connectivity index (χ4n) is 6.61. The summed E-state index contributed by atoms with van der Waals surface area (Å²) < 4.78 is 15.8. The van der Waals surface area contributed by atoms with Crippen LogP contribution in [-0.4, -0.2) is 62.1 Å². The zero-order valence-corrected chi connectivity index (χ0v) is 24.7. The maximum atomic E-state index is 15.8. The highest BCUT2D eigenvalue weighted by Crippen LogP contribution is 2.55. The monoisotopic (exact) mass is 585 g/mol. The standard InChI is InChI=1S/C31H41ClFN5O3/c1-36(2)28-18-37(20-31(28)12-13-31)27-16-25(32)15-26(29(27)33)34-35-30(40)24(14-22-8-6-7-9-22)17-38(21-39)41-19-23-10-4-3-5-11-23/h3-5,10-11,15-16,21-22,24,28,34H,6-9,12-14,17-20H2,1-2H3,(H,35,40)/t24-,28?/m0/s1. The number of rotatable bonds is 13. The molecule has 1 saturated heterocycles. The van der Waals surface area contributed by atoms with Crippen molar-refractivity contribution in [1.29, 1.82) is 0 Å². The molecule has 2 aromatic rings. The van der Waals surface area contributed by atoms with Crippen LogP contribution in [0.2, 0.25) is 5.02 Å². The Labute approximate surface area is 247 Å². The molecule has 3 fully saturated rings. The average Bonchev–Trinajstić information content (AvgIpc) is 3.36. The highest BCUT2D eigenvalue weighted by Gasteiger charge is 2.56. The largest absolute Gasteiger partial charge is 0.367 e. The molecule has 1 heterocycles. The van der Waals surface area contributed by atoms with E-state index in [1.165, 1.54) is 11.1 Å². The molecule has 1 aliphatic heterocycles. The molecular formula is C31H41ClFN5O3. The second-order valence-corrected chi connectivity index (χ2v) is 12.6. The molecule has 8 nitrogen and oxygen atoms in total. The first-order valence-electron chi connectivity index (χ1n) is 14.6. The molecule has 2 amide bonds. The Morgan fingerprint density at radius 1 is 1.22 bits per heavy atom. The lowest BCUT2D eigenvalue weighted by Gasteiger charge is -2.26. The highest BCUT2D eigenvalue weighted by molar-refractivity contribution is 6.31. The van der Waals surface area contributed by atoms with Gasteiger partial charge in [0.15, 0.2) is 5.82 Å². The molecule has 2 aliphatic carbocycles. The van der Waals surface area contributed by atoms with Crippen LogP contribution in [0.5, 0.6) is 0 Å². The van der Waals surface area contributed by atoms with Crippen molar-refractivity contribution in [3.05, 3.63) is 58.9 Å². The van der Waals surface area contributed by atoms with E-state index in [-0.39, 0.29) is 30.2 Å². The van der Waals surface area contributed by atoms with E-state index < -0.39 is 11.7 Å². The van der Waals surface area contributed by atoms with E-state index in [2.05, 4.69) is 34.7 Å². The van der Waals surface area contributed by atoms with Crippen LogP contribution in [0.15, 0.2) is 42.5 Å². The molecule has 2 atom stereocenters. The Bertz CT molecular complexity index is 1210. The molecule has 222 valence electrons. The molecule has 5 rings (SSSR count). The van der Waals surface area contributed by atoms with E-state index >= 15 is 4.39 Å². The number of carbonyl (C=O) groups excluding carboxylic acids is 2. The van der Waals surface area contributed by atoms with Gasteiger partial charge in [0.1, 0.15) is 6.61 Å². The Hall–Kier alpha value is -2.88. The third-order valence-electron chi connectivity index (χ3n) is 9.02. The second-order valence-electron chi connectivity index (χ2n) is 12.2. The van der Waals surface area contributed by atoms with Crippen molar-refractivity contribution >= 4 is 35.3 Å². The molecular weight excluding hydrogens is 545 g/mol. The topological polar surface area (TPSA) is 77.2 Å². The number of nitrogens with one attached hydrogen (secondary N) is 2. The molecule has 0 radical (unpaired) electrons. The van der Waals surface area contributed by atoms with E-state index in [0.717, 1.165) is 57.2 Å². The van der Waals surface area contributed by atoms with Crippen LogP contribution >= 0.6 is 11.6 Å². The van der Waals surface area contributed by atoms with Gasteiger partial charge in [0.05, 0.1) is 23.8 Å². The number of benzene rings is 2. The zero-order chi connectivity index (χ0) is 29.0. The fraction of sp³-hybridized carbons (Fsp3) is 0.548. The third-order valence-corrected chi connectivity index (χ3v) is 9.24. The van der Waals surface area contributed by atoms with Crippen LogP contribution in [0.1, 0.15) is 50.5 Å². The van der Waals surface area contributed by atoms with Gasteiger partial charge in [-0.2, -0.15) is 0 Å². The number of halogens is 2. The number of amides is 2. The third kappa shape index (κ3) is 7.13. The van der Waals surface area contributed by atoms with Gasteiger partial charge in [-0.25, -0.2) is 9.45 Å². The Balaban J connectivity index is 1.25. The van der Waals surface area contributed by atoms with E-state index in [4.69, 9.17) is 16.4 Å². The first-order chi connectivity index (χ1) is 19.8. The molecule has 41 heavy (non-hydrogen) atoms. The van der Waals surface area contributed by atoms with Crippen molar-refractivity contribution in [3.8, 4) is 0 Å². The predicted octanol–water partition coefficient (Wildman–Crippen LogP) is 5.24. The molecule has 2 N–H and O–H groups in total. The van der Waals surface area contributed by atoms with Crippen LogP contribution < -0.4 is 15.8 Å². The van der Waals surface area contributed by atoms with E-state index in [1.54, 1.807) is 6.07 Å². The summed E-state index contributed by atoms with van der Waals surface area (Å²) in [5.74, 6) is -0.892. The molecule has 0 aromatic heterocycles. The first kappa shape index (κ1) is 29.6. The number of anilines is 2. The van der Waals surface area contributed by atoms with Crippen molar-refractivity contribution in [2.24, 2.45) is 17.3 Å². The van der Waals surface area contributed by atoms with E-state index in [1.807, 2.05) is 30.3 Å². The van der Waals surface area contributed by atoms with Crippen LogP contribution in [0, 0.1) is 23.1 Å². The summed E-state index contributed by atoms with van der Waals surface area (Å²) in [5.41, 5.74) is 7.19. The Kier molecular flexibility index (Phi) is 9.36. The molecule has 2 aromatic carbocycles. The summed E-state index contributed by atoms with van der Waals surface area (Å²) in [5, 5.41) is 1.58. The SMILES string of the molecule is CN(C)C1CN(c2cc(Cl)cc(NNC(=O)[C@@H](CC3CCCC3)CN(C=O)OCc3ccccc3)c2F)CC12CC2. The Morgan fingerprint density at radius 2 is 1.95 bits per heavy atom. The van der Waals surface area contributed by atoms with Crippen LogP contribution in [0.25, 0.3) is 0 Å². The molecule has 10 heteroatoms. The van der Waals surface area contributed by atoms with Gasteiger partial charge in [-0.1, -0.05) is 67.6 Å². The number of hydrazine groups is 1. The van der Waals surface area contributed by atoms with Gasteiger partial charge in [0.25, 0.3) is 0 Å². The maximum absolute atomic E-state index is 15.8. The quantitative estimate of drug-likeness (QED) is 0.247. The van der Waals surface area contributed by atoms with Gasteiger partial charge in [0.2, 0.25) is 12.3 Å². The molecule has 0 bridgehead atoms. The van der Waals surface area contributed by atoms with Gasteiger partial charge in [0, 0.05) is 29.6 Å². The summed E-state index contributed by atoms with van der Waals surface area (Å²) in [7, 11) is 4.15. The van der Waals surface area contributed by atoms with Crippen molar-refractivity contribution in [3.63, 3.8) is 0 Å². The van der Waals surface area contributed by atoms with Gasteiger partial charge >= 0.3 is 0 Å². The minimum atomic E-state index is -0.526. The van der Waals surface area contributed by atoms with Crippen LogP contribution in [0.3, 0.4) is 0 Å². The summed E-state index contributed by atoms with van der Waals surface area (Å²) in [6.07, 6.45) is 7.91. The number of hydrogen-bond acceptors (Lipinski definition) is 6. The maximum Gasteiger partial charge on any atom is 0.243 e. The number of likely N-dealkylation sites (N-methyl/N-ethyl adjacent to an activating group) is 1. The molecule has 1 spiro atoms. The fourth-order valence-corrected chi connectivity index (χ4v) is 6.83. The predicted molar refractivity (Wildman–Crippen MR) is 159 cm³/mol. The second kappa shape index (κ2) is 13.0. The lowest BCUT2D eigenvalue weighted by molar-refractivity contribution is -0.182. The van der Waals surface area contributed by atoms with Gasteiger partial charge < -0.3 is 9.80 Å². The van der Waals surface area contributed by atoms with Gasteiger partial charge in [-0.05, 0) is 57.0 Å². The number of nitrogens with zero attached hydrogens (tertiary/aromatic N) is 3. The smallest absolute Gasteiger partial charge is 0.243 e. The summed E-state index contributed by atoms with van der Waals surface area (Å²) in [6, 6.07) is 13.1. The average molecular weight is 586 g/mol. The highest BCUT2D eigenvalue weighted by atomic mass is 35.5. The van der Waals surface area contributed by atoms with Crippen molar-refractivity contribution in [2.45, 2.75) is 57.6 Å². The lowest BCUT2D eigenvalue weighted by Crippen LogP contribution is -2.41. The number of carbonyl (C=O) groups is 2. The van der Waals surface area contributed by atoms with E-state index in [0.29, 0.717) is 35.5 Å². The normalized spacial score (nSPS) is 20.4. The van der Waals surface area contributed by atoms with Crippen molar-refractivity contribution in [2.75, 3.05) is 44.1 Å². The van der Waals surface area contributed by atoms with Gasteiger partial charge in [-0.15, -0.1) is 0 Å². The van der Waals surface area contributed by atoms with Crippen molar-refractivity contribution in [1.82, 2.24) is 15.4 Å². The zero-order valence-electron chi connectivity index (χ0n) is 24.0. The summed E-state index contributed by atoms with van der Waals surface area (Å²) in [4.78, 5) is 35.3. The van der Waals surface area contributed by atoms with E-state index in [9.17, 15) is 9.59 Å². The van der Waals surface area contributed by atoms with Crippen molar-refractivity contribution < 1.29 is 18.8 Å². The molecule has 3 aliphatic rings. The first-order valence-corrected chi connectivity index (χ1v) is 15.0. The van der Waals surface area contributed by atoms with Crippen LogP contribution in [0.4, 0.5) is 15.8 Å².